The van der Waals surface area contributed by atoms with Crippen LogP contribution >= 0.6 is 11.3 Å². The van der Waals surface area contributed by atoms with Gasteiger partial charge >= 0.3 is 0 Å². The number of carbonyl (C=O) groups excluding carboxylic acids is 1. The topological polar surface area (TPSA) is 45.2 Å². The molecule has 3 aromatic rings. The Labute approximate surface area is 145 Å². The summed E-state index contributed by atoms with van der Waals surface area (Å²) in [4.78, 5) is 17.4. The Bertz CT molecular complexity index is 851. The number of hydrogen-bond acceptors (Lipinski definition) is 4. The number of benzene rings is 2. The van der Waals surface area contributed by atoms with Gasteiger partial charge < -0.3 is 10.2 Å². The lowest BCUT2D eigenvalue weighted by Crippen LogP contribution is -2.29. The van der Waals surface area contributed by atoms with Crippen LogP contribution in [0.1, 0.15) is 19.3 Å². The first-order chi connectivity index (χ1) is 11.8. The number of thiazole rings is 1. The van der Waals surface area contributed by atoms with Crippen molar-refractivity contribution in [1.82, 2.24) is 4.98 Å². The summed E-state index contributed by atoms with van der Waals surface area (Å²) in [6.45, 7) is 2.33. The third-order valence-electron chi connectivity index (χ3n) is 4.49. The first-order valence-corrected chi connectivity index (χ1v) is 9.11. The average molecular weight is 337 g/mol. The number of fused-ring (bicyclic) bond motifs is 1. The molecule has 1 aliphatic heterocycles. The van der Waals surface area contributed by atoms with Gasteiger partial charge in [-0.1, -0.05) is 29.5 Å². The van der Waals surface area contributed by atoms with Crippen LogP contribution < -0.4 is 10.2 Å². The van der Waals surface area contributed by atoms with E-state index in [2.05, 4.69) is 51.6 Å². The maximum absolute atomic E-state index is 10.6. The Morgan fingerprint density at radius 1 is 1.00 bits per heavy atom. The van der Waals surface area contributed by atoms with Crippen LogP contribution in [0.4, 0.5) is 10.8 Å². The van der Waals surface area contributed by atoms with Crippen LogP contribution in [-0.2, 0) is 4.79 Å². The molecule has 0 atom stereocenters. The molecule has 0 saturated carbocycles. The smallest absolute Gasteiger partial charge is 0.213 e. The van der Waals surface area contributed by atoms with Gasteiger partial charge in [0.1, 0.15) is 0 Å². The van der Waals surface area contributed by atoms with Gasteiger partial charge in [-0.2, -0.15) is 0 Å². The summed E-state index contributed by atoms with van der Waals surface area (Å²) >= 11 is 1.49. The lowest BCUT2D eigenvalue weighted by Gasteiger charge is -2.28. The third kappa shape index (κ3) is 2.99. The monoisotopic (exact) mass is 337 g/mol. The maximum Gasteiger partial charge on any atom is 0.213 e. The molecule has 0 aliphatic carbocycles. The number of nitrogens with zero attached hydrogens (tertiary/aromatic N) is 2. The minimum atomic E-state index is 0.637. The molecule has 1 saturated heterocycles. The number of amides is 1. The summed E-state index contributed by atoms with van der Waals surface area (Å²) in [6.07, 6.45) is 4.60. The van der Waals surface area contributed by atoms with Crippen LogP contribution in [-0.4, -0.2) is 24.5 Å². The Balaban J connectivity index is 1.60. The number of aromatic nitrogens is 1. The molecule has 1 fully saturated rings. The fourth-order valence-corrected chi connectivity index (χ4v) is 4.10. The van der Waals surface area contributed by atoms with Gasteiger partial charge in [0.25, 0.3) is 0 Å². The van der Waals surface area contributed by atoms with E-state index in [9.17, 15) is 4.79 Å². The predicted molar refractivity (Wildman–Crippen MR) is 101 cm³/mol. The fourth-order valence-electron chi connectivity index (χ4n) is 3.23. The SMILES string of the molecule is O=CNc1nc2ccc(-c3ccc(N4CCCCC4)cc3)cc2s1. The van der Waals surface area contributed by atoms with Crippen molar-refractivity contribution in [2.75, 3.05) is 23.3 Å². The van der Waals surface area contributed by atoms with Gasteiger partial charge in [-0.3, -0.25) is 4.79 Å². The fraction of sp³-hybridized carbons (Fsp3) is 0.263. The number of hydrogen-bond donors (Lipinski definition) is 1. The zero-order valence-electron chi connectivity index (χ0n) is 13.4. The van der Waals surface area contributed by atoms with E-state index >= 15 is 0 Å². The normalized spacial score (nSPS) is 14.8. The highest BCUT2D eigenvalue weighted by Gasteiger charge is 2.11. The Hall–Kier alpha value is -2.40. The molecule has 1 aliphatic rings. The van der Waals surface area contributed by atoms with Crippen LogP contribution in [0, 0.1) is 0 Å². The van der Waals surface area contributed by atoms with Crippen LogP contribution in [0.2, 0.25) is 0 Å². The van der Waals surface area contributed by atoms with Crippen LogP contribution in [0.3, 0.4) is 0 Å². The maximum atomic E-state index is 10.6. The molecule has 1 aromatic heterocycles. The van der Waals surface area contributed by atoms with Gasteiger partial charge in [-0.05, 0) is 54.7 Å². The van der Waals surface area contributed by atoms with Gasteiger partial charge in [0.15, 0.2) is 5.13 Å². The van der Waals surface area contributed by atoms with E-state index in [0.717, 1.165) is 10.2 Å². The Morgan fingerprint density at radius 3 is 2.50 bits per heavy atom. The number of piperidine rings is 1. The van der Waals surface area contributed by atoms with E-state index in [1.807, 2.05) is 6.07 Å². The molecule has 1 amide bonds. The molecule has 2 aromatic carbocycles. The van der Waals surface area contributed by atoms with E-state index in [1.165, 1.54) is 60.5 Å². The summed E-state index contributed by atoms with van der Waals surface area (Å²) in [5.41, 5.74) is 4.61. The van der Waals surface area contributed by atoms with E-state index in [4.69, 9.17) is 0 Å². The highest BCUT2D eigenvalue weighted by molar-refractivity contribution is 7.22. The number of nitrogens with one attached hydrogen (secondary N) is 1. The third-order valence-corrected chi connectivity index (χ3v) is 5.44. The zero-order chi connectivity index (χ0) is 16.4. The molecule has 4 rings (SSSR count). The Morgan fingerprint density at radius 2 is 1.75 bits per heavy atom. The molecule has 1 N–H and O–H groups in total. The van der Waals surface area contributed by atoms with Crippen molar-refractivity contribution in [3.05, 3.63) is 42.5 Å². The van der Waals surface area contributed by atoms with Gasteiger partial charge in [-0.25, -0.2) is 4.98 Å². The first-order valence-electron chi connectivity index (χ1n) is 8.30. The number of carbonyl (C=O) groups is 1. The summed E-state index contributed by atoms with van der Waals surface area (Å²) in [5, 5.41) is 3.26. The van der Waals surface area contributed by atoms with Gasteiger partial charge in [-0.15, -0.1) is 0 Å². The highest BCUT2D eigenvalue weighted by atomic mass is 32.1. The van der Waals surface area contributed by atoms with Crippen molar-refractivity contribution in [1.29, 1.82) is 0 Å². The molecule has 0 radical (unpaired) electrons. The summed E-state index contributed by atoms with van der Waals surface area (Å²) < 4.78 is 1.08. The zero-order valence-corrected chi connectivity index (χ0v) is 14.2. The first kappa shape index (κ1) is 15.1. The summed E-state index contributed by atoms with van der Waals surface area (Å²) in [6, 6.07) is 15.1. The Kier molecular flexibility index (Phi) is 4.17. The second kappa shape index (κ2) is 6.61. The molecular weight excluding hydrogens is 318 g/mol. The van der Waals surface area contributed by atoms with Crippen molar-refractivity contribution >= 4 is 38.8 Å². The van der Waals surface area contributed by atoms with Crippen LogP contribution in [0.5, 0.6) is 0 Å². The molecule has 5 heteroatoms. The lowest BCUT2D eigenvalue weighted by atomic mass is 10.0. The second-order valence-corrected chi connectivity index (χ2v) is 7.09. The molecule has 2 heterocycles. The van der Waals surface area contributed by atoms with Gasteiger partial charge in [0.2, 0.25) is 6.41 Å². The van der Waals surface area contributed by atoms with Crippen molar-refractivity contribution in [2.45, 2.75) is 19.3 Å². The summed E-state index contributed by atoms with van der Waals surface area (Å²) in [5.74, 6) is 0. The van der Waals surface area contributed by atoms with Crippen LogP contribution in [0.15, 0.2) is 42.5 Å². The van der Waals surface area contributed by atoms with Gasteiger partial charge in [0.05, 0.1) is 10.2 Å². The highest BCUT2D eigenvalue weighted by Crippen LogP contribution is 2.31. The second-order valence-electron chi connectivity index (χ2n) is 6.06. The number of anilines is 2. The molecule has 0 bridgehead atoms. The quantitative estimate of drug-likeness (QED) is 0.712. The van der Waals surface area contributed by atoms with Gasteiger partial charge in [0, 0.05) is 18.8 Å². The molecule has 24 heavy (non-hydrogen) atoms. The van der Waals surface area contributed by atoms with Crippen molar-refractivity contribution in [3.8, 4) is 11.1 Å². The summed E-state index contributed by atoms with van der Waals surface area (Å²) in [7, 11) is 0. The van der Waals surface area contributed by atoms with E-state index < -0.39 is 0 Å². The van der Waals surface area contributed by atoms with E-state index in [-0.39, 0.29) is 0 Å². The molecular formula is C19H19N3OS. The molecule has 0 spiro atoms. The van der Waals surface area contributed by atoms with Crippen molar-refractivity contribution in [2.24, 2.45) is 0 Å². The van der Waals surface area contributed by atoms with E-state index in [1.54, 1.807) is 0 Å². The minimum Gasteiger partial charge on any atom is -0.372 e. The lowest BCUT2D eigenvalue weighted by molar-refractivity contribution is -0.105. The standard InChI is InChI=1S/C19H19N3OS/c23-13-20-19-21-17-9-6-15(12-18(17)24-19)14-4-7-16(8-5-14)22-10-2-1-3-11-22/h4-9,12-13H,1-3,10-11H2,(H,20,21,23). The number of rotatable bonds is 4. The van der Waals surface area contributed by atoms with Crippen molar-refractivity contribution in [3.63, 3.8) is 0 Å². The molecule has 4 nitrogen and oxygen atoms in total. The largest absolute Gasteiger partial charge is 0.372 e. The van der Waals surface area contributed by atoms with E-state index in [0.29, 0.717) is 11.5 Å². The molecule has 0 unspecified atom stereocenters. The van der Waals surface area contributed by atoms with Crippen LogP contribution in [0.25, 0.3) is 21.3 Å². The van der Waals surface area contributed by atoms with Crippen molar-refractivity contribution < 1.29 is 4.79 Å². The predicted octanol–water partition coefficient (Wildman–Crippen LogP) is 4.52. The average Bonchev–Trinajstić information content (AvgIpc) is 3.04. The minimum absolute atomic E-state index is 0.637. The molecule has 122 valence electrons.